The summed E-state index contributed by atoms with van der Waals surface area (Å²) in [4.78, 5) is 26.3. The van der Waals surface area contributed by atoms with Crippen LogP contribution in [0.15, 0.2) is 52.0 Å². The lowest BCUT2D eigenvalue weighted by Crippen LogP contribution is -2.36. The van der Waals surface area contributed by atoms with Crippen molar-refractivity contribution >= 4 is 51.9 Å². The van der Waals surface area contributed by atoms with Crippen LogP contribution in [0.3, 0.4) is 0 Å². The van der Waals surface area contributed by atoms with Crippen molar-refractivity contribution in [2.24, 2.45) is 0 Å². The topological polar surface area (TPSA) is 62.6 Å². The van der Waals surface area contributed by atoms with Crippen LogP contribution < -0.4 is 5.32 Å². The van der Waals surface area contributed by atoms with Crippen molar-refractivity contribution in [3.63, 3.8) is 0 Å². The standard InChI is InChI=1S/C17H14N2O3S2/c1-11-4-6-12(7-5-11)18-15(20)10-19-16(21)14(24-17(19)23)9-13-3-2-8-22-13/h2-9H,10H2,1H3,(H,18,20)/b14-9-. The van der Waals surface area contributed by atoms with Crippen molar-refractivity contribution in [3.05, 3.63) is 58.9 Å². The van der Waals surface area contributed by atoms with Gasteiger partial charge < -0.3 is 9.73 Å². The third-order valence-electron chi connectivity index (χ3n) is 3.33. The van der Waals surface area contributed by atoms with Crippen molar-refractivity contribution in [2.75, 3.05) is 11.9 Å². The molecule has 1 N–H and O–H groups in total. The van der Waals surface area contributed by atoms with E-state index in [4.69, 9.17) is 16.6 Å². The van der Waals surface area contributed by atoms with Crippen molar-refractivity contribution < 1.29 is 14.0 Å². The third kappa shape index (κ3) is 3.74. The van der Waals surface area contributed by atoms with Crippen LogP contribution in [0.1, 0.15) is 11.3 Å². The van der Waals surface area contributed by atoms with Crippen LogP contribution in [-0.4, -0.2) is 27.6 Å². The summed E-state index contributed by atoms with van der Waals surface area (Å²) in [6.45, 7) is 1.85. The molecule has 0 radical (unpaired) electrons. The predicted octanol–water partition coefficient (Wildman–Crippen LogP) is 3.43. The first kappa shape index (κ1) is 16.5. The Kier molecular flexibility index (Phi) is 4.82. The number of furan rings is 1. The Labute approximate surface area is 148 Å². The van der Waals surface area contributed by atoms with E-state index in [0.29, 0.717) is 20.7 Å². The lowest BCUT2D eigenvalue weighted by Gasteiger charge is -2.14. The molecule has 7 heteroatoms. The number of anilines is 1. The van der Waals surface area contributed by atoms with Crippen LogP contribution in [-0.2, 0) is 9.59 Å². The third-order valence-corrected chi connectivity index (χ3v) is 4.70. The second kappa shape index (κ2) is 7.02. The van der Waals surface area contributed by atoms with Gasteiger partial charge in [0.25, 0.3) is 5.91 Å². The van der Waals surface area contributed by atoms with Gasteiger partial charge >= 0.3 is 0 Å². The summed E-state index contributed by atoms with van der Waals surface area (Å²) >= 11 is 6.37. The SMILES string of the molecule is Cc1ccc(NC(=O)CN2C(=O)/C(=C/c3ccco3)SC2=S)cc1. The molecule has 2 aromatic rings. The van der Waals surface area contributed by atoms with Gasteiger partial charge in [0.1, 0.15) is 16.6 Å². The monoisotopic (exact) mass is 358 g/mol. The number of thioether (sulfide) groups is 1. The number of rotatable bonds is 4. The van der Waals surface area contributed by atoms with Gasteiger partial charge in [0.2, 0.25) is 5.91 Å². The lowest BCUT2D eigenvalue weighted by molar-refractivity contribution is -0.126. The Morgan fingerprint density at radius 1 is 1.33 bits per heavy atom. The number of carbonyl (C=O) groups is 2. The molecule has 1 aliphatic heterocycles. The summed E-state index contributed by atoms with van der Waals surface area (Å²) in [5, 5.41) is 2.76. The molecule has 1 aliphatic rings. The molecule has 1 saturated heterocycles. The molecule has 0 spiro atoms. The number of thiocarbonyl (C=S) groups is 1. The van der Waals surface area contributed by atoms with Crippen LogP contribution in [0, 0.1) is 6.92 Å². The Bertz CT molecular complexity index is 811. The van der Waals surface area contributed by atoms with Gasteiger partial charge in [0.05, 0.1) is 11.2 Å². The molecule has 3 rings (SSSR count). The molecule has 2 amide bonds. The first-order valence-corrected chi connectivity index (χ1v) is 8.41. The number of nitrogens with one attached hydrogen (secondary N) is 1. The average molecular weight is 358 g/mol. The number of carbonyl (C=O) groups excluding carboxylic acids is 2. The lowest BCUT2D eigenvalue weighted by atomic mass is 10.2. The van der Waals surface area contributed by atoms with E-state index in [-0.39, 0.29) is 18.4 Å². The highest BCUT2D eigenvalue weighted by Gasteiger charge is 2.33. The van der Waals surface area contributed by atoms with Gasteiger partial charge in [0.15, 0.2) is 0 Å². The molecular formula is C17H14N2O3S2. The van der Waals surface area contributed by atoms with Gasteiger partial charge in [-0.05, 0) is 31.2 Å². The summed E-state index contributed by atoms with van der Waals surface area (Å²) < 4.78 is 5.56. The zero-order valence-corrected chi connectivity index (χ0v) is 14.4. The van der Waals surface area contributed by atoms with Crippen LogP contribution in [0.4, 0.5) is 5.69 Å². The summed E-state index contributed by atoms with van der Waals surface area (Å²) in [5.74, 6) is -0.0190. The second-order valence-electron chi connectivity index (χ2n) is 5.20. The molecule has 24 heavy (non-hydrogen) atoms. The number of benzene rings is 1. The largest absolute Gasteiger partial charge is 0.465 e. The van der Waals surface area contributed by atoms with E-state index in [2.05, 4.69) is 5.32 Å². The van der Waals surface area contributed by atoms with Crippen LogP contribution >= 0.6 is 24.0 Å². The van der Waals surface area contributed by atoms with E-state index < -0.39 is 0 Å². The quantitative estimate of drug-likeness (QED) is 0.670. The summed E-state index contributed by atoms with van der Waals surface area (Å²) in [5.41, 5.74) is 1.79. The van der Waals surface area contributed by atoms with E-state index in [0.717, 1.165) is 17.3 Å². The maximum Gasteiger partial charge on any atom is 0.266 e. The summed E-state index contributed by atoms with van der Waals surface area (Å²) in [6.07, 6.45) is 3.15. The Hall–Kier alpha value is -2.38. The average Bonchev–Trinajstić information content (AvgIpc) is 3.14. The molecule has 1 fully saturated rings. The van der Waals surface area contributed by atoms with Gasteiger partial charge in [-0.3, -0.25) is 14.5 Å². The van der Waals surface area contributed by atoms with E-state index in [1.807, 2.05) is 31.2 Å². The fourth-order valence-electron chi connectivity index (χ4n) is 2.12. The highest BCUT2D eigenvalue weighted by atomic mass is 32.2. The molecule has 122 valence electrons. The molecule has 0 saturated carbocycles. The number of aryl methyl sites for hydroxylation is 1. The minimum absolute atomic E-state index is 0.117. The van der Waals surface area contributed by atoms with Crippen LogP contribution in [0.5, 0.6) is 0 Å². The molecule has 0 atom stereocenters. The number of hydrogen-bond acceptors (Lipinski definition) is 5. The molecule has 2 heterocycles. The number of amides is 2. The second-order valence-corrected chi connectivity index (χ2v) is 6.87. The van der Waals surface area contributed by atoms with Gasteiger partial charge in [0, 0.05) is 11.8 Å². The van der Waals surface area contributed by atoms with Gasteiger partial charge in [-0.2, -0.15) is 0 Å². The van der Waals surface area contributed by atoms with Crippen LogP contribution in [0.2, 0.25) is 0 Å². The molecule has 0 aliphatic carbocycles. The molecule has 5 nitrogen and oxygen atoms in total. The zero-order valence-electron chi connectivity index (χ0n) is 12.8. The van der Waals surface area contributed by atoms with Crippen molar-refractivity contribution in [2.45, 2.75) is 6.92 Å². The van der Waals surface area contributed by atoms with E-state index in [1.54, 1.807) is 18.2 Å². The van der Waals surface area contributed by atoms with Crippen LogP contribution in [0.25, 0.3) is 6.08 Å². The highest BCUT2D eigenvalue weighted by Crippen LogP contribution is 2.32. The maximum absolute atomic E-state index is 12.4. The first-order chi connectivity index (χ1) is 11.5. The molecule has 0 bridgehead atoms. The normalized spacial score (nSPS) is 16.0. The summed E-state index contributed by atoms with van der Waals surface area (Å²) in [7, 11) is 0. The fourth-order valence-corrected chi connectivity index (χ4v) is 3.36. The smallest absolute Gasteiger partial charge is 0.266 e. The Balaban J connectivity index is 1.66. The minimum atomic E-state index is -0.297. The van der Waals surface area contributed by atoms with Crippen molar-refractivity contribution in [1.82, 2.24) is 4.90 Å². The zero-order chi connectivity index (χ0) is 17.1. The van der Waals surface area contributed by atoms with E-state index >= 15 is 0 Å². The van der Waals surface area contributed by atoms with Crippen molar-refractivity contribution in [3.8, 4) is 0 Å². The number of hydrogen-bond donors (Lipinski definition) is 1. The Morgan fingerprint density at radius 3 is 2.75 bits per heavy atom. The first-order valence-electron chi connectivity index (χ1n) is 7.18. The molecule has 1 aromatic carbocycles. The van der Waals surface area contributed by atoms with E-state index in [1.165, 1.54) is 11.2 Å². The fraction of sp³-hybridized carbons (Fsp3) is 0.118. The maximum atomic E-state index is 12.4. The van der Waals surface area contributed by atoms with E-state index in [9.17, 15) is 9.59 Å². The molecular weight excluding hydrogens is 344 g/mol. The van der Waals surface area contributed by atoms with Gasteiger partial charge in [-0.25, -0.2) is 0 Å². The minimum Gasteiger partial charge on any atom is -0.465 e. The predicted molar refractivity (Wildman–Crippen MR) is 98.4 cm³/mol. The van der Waals surface area contributed by atoms with Gasteiger partial charge in [-0.15, -0.1) is 0 Å². The summed E-state index contributed by atoms with van der Waals surface area (Å²) in [6, 6.07) is 10.9. The number of nitrogens with zero attached hydrogens (tertiary/aromatic N) is 1. The highest BCUT2D eigenvalue weighted by molar-refractivity contribution is 8.26. The van der Waals surface area contributed by atoms with Gasteiger partial charge in [-0.1, -0.05) is 41.7 Å². The van der Waals surface area contributed by atoms with Crippen molar-refractivity contribution in [1.29, 1.82) is 0 Å². The molecule has 0 unspecified atom stereocenters. The molecule has 1 aromatic heterocycles. The Morgan fingerprint density at radius 2 is 2.08 bits per heavy atom.